The molecule has 3 N–H and O–H groups in total. The Morgan fingerprint density at radius 1 is 1.09 bits per heavy atom. The minimum atomic E-state index is -0.678. The number of fused-ring (bicyclic) bond motifs is 2. The zero-order valence-electron chi connectivity index (χ0n) is 17.6. The summed E-state index contributed by atoms with van der Waals surface area (Å²) in [7, 11) is 0. The highest BCUT2D eigenvalue weighted by Gasteiger charge is 2.66. The Kier molecular flexibility index (Phi) is 4.45. The lowest BCUT2D eigenvalue weighted by Gasteiger charge is -2.26. The summed E-state index contributed by atoms with van der Waals surface area (Å²) in [6, 6.07) is 10.2. The van der Waals surface area contributed by atoms with Crippen LogP contribution in [0.2, 0.25) is 0 Å². The van der Waals surface area contributed by atoms with Gasteiger partial charge in [-0.3, -0.25) is 5.10 Å². The van der Waals surface area contributed by atoms with Crippen molar-refractivity contribution in [3.63, 3.8) is 0 Å². The molecule has 6 nitrogen and oxygen atoms in total. The Bertz CT molecular complexity index is 1350. The molecule has 1 aliphatic heterocycles. The first-order valence-corrected chi connectivity index (χ1v) is 10.9. The fourth-order valence-electron chi connectivity index (χ4n) is 5.67. The van der Waals surface area contributed by atoms with Gasteiger partial charge in [0.25, 0.3) is 0 Å². The summed E-state index contributed by atoms with van der Waals surface area (Å²) in [4.78, 5) is 11.3. The molecule has 0 radical (unpaired) electrons. The average Bonchev–Trinajstić information content (AvgIpc) is 3.26. The number of nitrogens with zero attached hydrogens (tertiary/aromatic N) is 4. The van der Waals surface area contributed by atoms with E-state index in [0.717, 1.165) is 19.0 Å². The number of hydrogen-bond acceptors (Lipinski definition) is 5. The Labute approximate surface area is 187 Å². The predicted molar refractivity (Wildman–Crippen MR) is 118 cm³/mol. The van der Waals surface area contributed by atoms with Gasteiger partial charge in [0.05, 0.1) is 11.9 Å². The van der Waals surface area contributed by atoms with E-state index >= 15 is 0 Å². The van der Waals surface area contributed by atoms with Crippen molar-refractivity contribution in [2.75, 3.05) is 24.5 Å². The number of aromatic nitrogens is 4. The number of benzene rings is 2. The molecule has 168 valence electrons. The third-order valence-corrected chi connectivity index (χ3v) is 7.27. The molecular formula is C24H21F3N6. The van der Waals surface area contributed by atoms with Crippen LogP contribution in [-0.4, -0.2) is 39.8 Å². The lowest BCUT2D eigenvalue weighted by molar-refractivity contribution is 0.533. The molecule has 2 aliphatic rings. The summed E-state index contributed by atoms with van der Waals surface area (Å²) in [5.74, 6) is -0.327. The minimum absolute atomic E-state index is 0.206. The Morgan fingerprint density at radius 3 is 2.64 bits per heavy atom. The van der Waals surface area contributed by atoms with Gasteiger partial charge >= 0.3 is 0 Å². The van der Waals surface area contributed by atoms with Crippen molar-refractivity contribution >= 4 is 17.0 Å². The van der Waals surface area contributed by atoms with Crippen LogP contribution < -0.4 is 10.6 Å². The van der Waals surface area contributed by atoms with Crippen molar-refractivity contribution in [3.8, 4) is 11.3 Å². The van der Waals surface area contributed by atoms with Crippen molar-refractivity contribution < 1.29 is 13.2 Å². The van der Waals surface area contributed by atoms with Gasteiger partial charge < -0.3 is 10.6 Å². The third-order valence-electron chi connectivity index (χ3n) is 7.27. The van der Waals surface area contributed by atoms with E-state index in [1.807, 2.05) is 12.1 Å². The van der Waals surface area contributed by atoms with Gasteiger partial charge in [-0.2, -0.15) is 5.10 Å². The van der Waals surface area contributed by atoms with Gasteiger partial charge in [-0.1, -0.05) is 18.2 Å². The quantitative estimate of drug-likeness (QED) is 0.494. The van der Waals surface area contributed by atoms with E-state index < -0.39 is 11.6 Å². The topological polar surface area (TPSA) is 83.7 Å². The summed E-state index contributed by atoms with van der Waals surface area (Å²) in [6.07, 6.45) is 2.53. The van der Waals surface area contributed by atoms with Crippen LogP contribution >= 0.6 is 0 Å². The van der Waals surface area contributed by atoms with E-state index in [-0.39, 0.29) is 17.2 Å². The summed E-state index contributed by atoms with van der Waals surface area (Å²) >= 11 is 0. The van der Waals surface area contributed by atoms with E-state index in [1.165, 1.54) is 18.2 Å². The predicted octanol–water partition coefficient (Wildman–Crippen LogP) is 3.79. The summed E-state index contributed by atoms with van der Waals surface area (Å²) in [6.45, 7) is 1.85. The smallest absolute Gasteiger partial charge is 0.202 e. The lowest BCUT2D eigenvalue weighted by Crippen LogP contribution is -2.32. The molecule has 33 heavy (non-hydrogen) atoms. The molecule has 0 spiro atoms. The molecule has 2 aromatic heterocycles. The maximum absolute atomic E-state index is 14.6. The summed E-state index contributed by atoms with van der Waals surface area (Å²) in [5, 5.41) is 7.00. The van der Waals surface area contributed by atoms with Crippen LogP contribution in [0.5, 0.6) is 0 Å². The van der Waals surface area contributed by atoms with Crippen molar-refractivity contribution in [1.29, 1.82) is 0 Å². The molecule has 1 saturated carbocycles. The standard InChI is InChI=1S/C24H21F3N6/c25-14-7-13(8-15(26)9-14)21-22-23(32-31-21)30-20(10-29-22)33-6-5-16-18(11-33)24(16,12-28)17-3-1-2-4-19(17)27/h1-4,7-10,16,18H,5-6,11-12,28H2,(H,30,31,32)/t16-,18+,24-/m1/s1. The highest BCUT2D eigenvalue weighted by atomic mass is 19.1. The number of piperidine rings is 1. The van der Waals surface area contributed by atoms with Crippen LogP contribution in [0.3, 0.4) is 0 Å². The highest BCUT2D eigenvalue weighted by Crippen LogP contribution is 2.63. The average molecular weight is 450 g/mol. The van der Waals surface area contributed by atoms with E-state index in [2.05, 4.69) is 25.1 Å². The molecule has 2 fully saturated rings. The van der Waals surface area contributed by atoms with Crippen LogP contribution in [0, 0.1) is 29.3 Å². The van der Waals surface area contributed by atoms with Gasteiger partial charge in [-0.25, -0.2) is 23.1 Å². The van der Waals surface area contributed by atoms with E-state index in [1.54, 1.807) is 12.3 Å². The molecule has 9 heteroatoms. The second kappa shape index (κ2) is 7.28. The fourth-order valence-corrected chi connectivity index (χ4v) is 5.67. The van der Waals surface area contributed by atoms with Crippen LogP contribution in [0.4, 0.5) is 19.0 Å². The summed E-state index contributed by atoms with van der Waals surface area (Å²) < 4.78 is 41.9. The molecule has 0 bridgehead atoms. The van der Waals surface area contributed by atoms with Crippen LogP contribution in [-0.2, 0) is 5.41 Å². The van der Waals surface area contributed by atoms with E-state index in [9.17, 15) is 13.2 Å². The Morgan fingerprint density at radius 2 is 1.88 bits per heavy atom. The van der Waals surface area contributed by atoms with Gasteiger partial charge in [-0.15, -0.1) is 0 Å². The first-order valence-electron chi connectivity index (χ1n) is 10.9. The van der Waals surface area contributed by atoms with Gasteiger partial charge in [0.1, 0.15) is 28.8 Å². The molecule has 1 saturated heterocycles. The van der Waals surface area contributed by atoms with Gasteiger partial charge in [0.15, 0.2) is 0 Å². The summed E-state index contributed by atoms with van der Waals surface area (Å²) in [5.41, 5.74) is 8.06. The number of anilines is 1. The maximum Gasteiger partial charge on any atom is 0.202 e. The SMILES string of the molecule is NC[C@]1(c2ccccc2F)[C@@H]2CCN(c3cnc4c(-c5cc(F)cc(F)c5)[nH]nc4n3)C[C@@H]21. The van der Waals surface area contributed by atoms with Gasteiger partial charge in [0, 0.05) is 36.7 Å². The minimum Gasteiger partial charge on any atom is -0.355 e. The number of aromatic amines is 1. The molecule has 3 atom stereocenters. The van der Waals surface area contributed by atoms with Crippen molar-refractivity contribution in [3.05, 3.63) is 71.7 Å². The molecule has 0 unspecified atom stereocenters. The second-order valence-corrected chi connectivity index (χ2v) is 8.83. The first-order chi connectivity index (χ1) is 16.0. The number of hydrogen-bond donors (Lipinski definition) is 2. The van der Waals surface area contributed by atoms with Crippen LogP contribution in [0.15, 0.2) is 48.7 Å². The number of nitrogens with two attached hydrogens (primary N) is 1. The Balaban J connectivity index is 1.29. The van der Waals surface area contributed by atoms with Gasteiger partial charge in [-0.05, 0) is 42.0 Å². The number of nitrogens with one attached hydrogen (secondary N) is 1. The fraction of sp³-hybridized carbons (Fsp3) is 0.292. The first kappa shape index (κ1) is 20.2. The largest absolute Gasteiger partial charge is 0.355 e. The normalized spacial score (nSPS) is 24.2. The monoisotopic (exact) mass is 450 g/mol. The number of H-pyrrole nitrogens is 1. The molecular weight excluding hydrogens is 429 g/mol. The number of rotatable bonds is 4. The highest BCUT2D eigenvalue weighted by molar-refractivity contribution is 5.87. The van der Waals surface area contributed by atoms with Crippen molar-refractivity contribution in [2.45, 2.75) is 11.8 Å². The second-order valence-electron chi connectivity index (χ2n) is 8.83. The molecule has 1 aliphatic carbocycles. The molecule has 2 aromatic carbocycles. The molecule has 6 rings (SSSR count). The maximum atomic E-state index is 14.6. The van der Waals surface area contributed by atoms with E-state index in [4.69, 9.17) is 5.73 Å². The molecule has 3 heterocycles. The zero-order chi connectivity index (χ0) is 22.7. The van der Waals surface area contributed by atoms with Gasteiger partial charge in [0.2, 0.25) is 5.65 Å². The van der Waals surface area contributed by atoms with Crippen LogP contribution in [0.1, 0.15) is 12.0 Å². The van der Waals surface area contributed by atoms with Crippen molar-refractivity contribution in [2.24, 2.45) is 17.6 Å². The number of halogens is 3. The lowest BCUT2D eigenvalue weighted by atomic mass is 9.91. The molecule has 4 aromatic rings. The van der Waals surface area contributed by atoms with Crippen LogP contribution in [0.25, 0.3) is 22.4 Å². The van der Waals surface area contributed by atoms with E-state index in [0.29, 0.717) is 52.8 Å². The Hall–Kier alpha value is -3.46. The van der Waals surface area contributed by atoms with Crippen molar-refractivity contribution in [1.82, 2.24) is 20.2 Å². The molecule has 0 amide bonds. The third kappa shape index (κ3) is 3.02. The zero-order valence-corrected chi connectivity index (χ0v) is 17.6.